The highest BCUT2D eigenvalue weighted by atomic mass is 16.5. The number of ether oxygens (including phenoxy) is 2. The minimum Gasteiger partial charge on any atom is -0.497 e. The van der Waals surface area contributed by atoms with Gasteiger partial charge in [-0.2, -0.15) is 0 Å². The number of carbonyl (C=O) groups excluding carboxylic acids is 1. The van der Waals surface area contributed by atoms with E-state index in [-0.39, 0.29) is 12.3 Å². The van der Waals surface area contributed by atoms with Gasteiger partial charge in [-0.05, 0) is 29.2 Å². The third kappa shape index (κ3) is 5.10. The number of nitrogens with zero attached hydrogens (tertiary/aromatic N) is 1. The zero-order valence-corrected chi connectivity index (χ0v) is 18.3. The first-order chi connectivity index (χ1) is 15.1. The number of methoxy groups -OCH3 is 1. The summed E-state index contributed by atoms with van der Waals surface area (Å²) in [5, 5.41) is 11.9. The van der Waals surface area contributed by atoms with Crippen LogP contribution in [0.1, 0.15) is 56.1 Å². The summed E-state index contributed by atoms with van der Waals surface area (Å²) in [5.41, 5.74) is 0.733. The standard InChI is InChI=1S/C26H33NO4/c1-30-23-14-12-21(13-15-23)18-27-25(28)16-24(31-19-22-10-6-3-7-11-22)26(27,29)17-20-8-4-2-5-9-20/h3,6-7,10-15,20,24,29H,2,4-5,8-9,16-19H2,1H3/t24-,26?/m0/s1. The molecule has 2 fully saturated rings. The second kappa shape index (κ2) is 9.84. The first kappa shape index (κ1) is 21.8. The van der Waals surface area contributed by atoms with Crippen LogP contribution in [0, 0.1) is 5.92 Å². The number of hydrogen-bond donors (Lipinski definition) is 1. The monoisotopic (exact) mass is 423 g/mol. The molecule has 1 saturated heterocycles. The molecule has 1 N–H and O–H groups in total. The van der Waals surface area contributed by atoms with Crippen LogP contribution in [-0.2, 0) is 22.7 Å². The summed E-state index contributed by atoms with van der Waals surface area (Å²) in [7, 11) is 1.64. The van der Waals surface area contributed by atoms with Crippen LogP contribution in [0.3, 0.4) is 0 Å². The molecule has 4 rings (SSSR count). The highest BCUT2D eigenvalue weighted by molar-refractivity contribution is 5.80. The third-order valence-electron chi connectivity index (χ3n) is 6.75. The van der Waals surface area contributed by atoms with Gasteiger partial charge in [-0.25, -0.2) is 0 Å². The van der Waals surface area contributed by atoms with Gasteiger partial charge in [0.05, 0.1) is 20.1 Å². The molecular weight excluding hydrogens is 390 g/mol. The van der Waals surface area contributed by atoms with E-state index in [4.69, 9.17) is 9.47 Å². The topological polar surface area (TPSA) is 59.0 Å². The van der Waals surface area contributed by atoms with Crippen molar-refractivity contribution in [2.75, 3.05) is 7.11 Å². The van der Waals surface area contributed by atoms with Crippen molar-refractivity contribution < 1.29 is 19.4 Å². The van der Waals surface area contributed by atoms with Crippen molar-refractivity contribution in [3.8, 4) is 5.75 Å². The lowest BCUT2D eigenvalue weighted by Gasteiger charge is -2.40. The van der Waals surface area contributed by atoms with E-state index < -0.39 is 11.8 Å². The zero-order valence-electron chi connectivity index (χ0n) is 18.3. The fourth-order valence-corrected chi connectivity index (χ4v) is 4.98. The van der Waals surface area contributed by atoms with Gasteiger partial charge in [0.15, 0.2) is 5.72 Å². The van der Waals surface area contributed by atoms with E-state index in [0.29, 0.717) is 25.5 Å². The molecule has 0 spiro atoms. The summed E-state index contributed by atoms with van der Waals surface area (Å²) in [5.74, 6) is 1.15. The van der Waals surface area contributed by atoms with Crippen molar-refractivity contribution in [1.29, 1.82) is 0 Å². The molecule has 0 radical (unpaired) electrons. The maximum absolute atomic E-state index is 13.0. The minimum atomic E-state index is -1.28. The molecule has 1 aliphatic heterocycles. The summed E-state index contributed by atoms with van der Waals surface area (Å²) < 4.78 is 11.4. The molecule has 5 heteroatoms. The van der Waals surface area contributed by atoms with Crippen molar-refractivity contribution in [2.45, 2.75) is 69.9 Å². The Morgan fingerprint density at radius 3 is 2.39 bits per heavy atom. The Hall–Kier alpha value is -2.37. The first-order valence-corrected chi connectivity index (χ1v) is 11.4. The van der Waals surface area contributed by atoms with Crippen molar-refractivity contribution in [1.82, 2.24) is 4.90 Å². The normalized spacial score (nSPS) is 24.5. The average molecular weight is 424 g/mol. The zero-order chi connectivity index (χ0) is 21.7. The Morgan fingerprint density at radius 1 is 1.00 bits per heavy atom. The van der Waals surface area contributed by atoms with Crippen molar-refractivity contribution >= 4 is 5.91 Å². The van der Waals surface area contributed by atoms with Gasteiger partial charge in [-0.3, -0.25) is 4.79 Å². The number of likely N-dealkylation sites (tertiary alicyclic amines) is 1. The van der Waals surface area contributed by atoms with E-state index in [9.17, 15) is 9.90 Å². The number of aliphatic hydroxyl groups is 1. The van der Waals surface area contributed by atoms with E-state index >= 15 is 0 Å². The van der Waals surface area contributed by atoms with Gasteiger partial charge in [0.2, 0.25) is 5.91 Å². The van der Waals surface area contributed by atoms with Crippen molar-refractivity contribution in [3.05, 3.63) is 65.7 Å². The molecule has 166 valence electrons. The summed E-state index contributed by atoms with van der Waals surface area (Å²) >= 11 is 0. The number of benzene rings is 2. The minimum absolute atomic E-state index is 0.0489. The summed E-state index contributed by atoms with van der Waals surface area (Å²) in [4.78, 5) is 14.7. The number of rotatable bonds is 8. The Labute approximate surface area is 185 Å². The first-order valence-electron chi connectivity index (χ1n) is 11.4. The Balaban J connectivity index is 1.54. The molecule has 1 unspecified atom stereocenters. The third-order valence-corrected chi connectivity index (χ3v) is 6.75. The van der Waals surface area contributed by atoms with Gasteiger partial charge < -0.3 is 19.5 Å². The largest absolute Gasteiger partial charge is 0.497 e. The van der Waals surface area contributed by atoms with Gasteiger partial charge >= 0.3 is 0 Å². The van der Waals surface area contributed by atoms with Crippen LogP contribution in [0.2, 0.25) is 0 Å². The van der Waals surface area contributed by atoms with Crippen LogP contribution in [0.5, 0.6) is 5.75 Å². The molecule has 2 atom stereocenters. The lowest BCUT2D eigenvalue weighted by atomic mass is 9.82. The fraction of sp³-hybridized carbons (Fsp3) is 0.500. The molecule has 2 aromatic carbocycles. The van der Waals surface area contributed by atoms with Crippen LogP contribution < -0.4 is 4.74 Å². The fourth-order valence-electron chi connectivity index (χ4n) is 4.98. The second-order valence-corrected chi connectivity index (χ2v) is 8.90. The quantitative estimate of drug-likeness (QED) is 0.670. The van der Waals surface area contributed by atoms with Crippen molar-refractivity contribution in [2.24, 2.45) is 5.92 Å². The van der Waals surface area contributed by atoms with E-state index in [0.717, 1.165) is 29.7 Å². The van der Waals surface area contributed by atoms with E-state index in [1.807, 2.05) is 54.6 Å². The lowest BCUT2D eigenvalue weighted by molar-refractivity contribution is -0.183. The molecular formula is C26H33NO4. The van der Waals surface area contributed by atoms with Gasteiger partial charge in [0, 0.05) is 13.0 Å². The van der Waals surface area contributed by atoms with Crippen LogP contribution in [0.25, 0.3) is 0 Å². The molecule has 1 amide bonds. The average Bonchev–Trinajstić information content (AvgIpc) is 3.03. The molecule has 2 aromatic rings. The number of hydrogen-bond acceptors (Lipinski definition) is 4. The maximum Gasteiger partial charge on any atom is 0.228 e. The predicted octanol–water partition coefficient (Wildman–Crippen LogP) is 4.67. The van der Waals surface area contributed by atoms with Gasteiger partial charge in [-0.1, -0.05) is 74.6 Å². The predicted molar refractivity (Wildman–Crippen MR) is 119 cm³/mol. The molecule has 0 bridgehead atoms. The van der Waals surface area contributed by atoms with Gasteiger partial charge in [0.25, 0.3) is 0 Å². The Morgan fingerprint density at radius 2 is 1.71 bits per heavy atom. The van der Waals surface area contributed by atoms with E-state index in [1.165, 1.54) is 19.3 Å². The van der Waals surface area contributed by atoms with Gasteiger partial charge in [0.1, 0.15) is 11.9 Å². The molecule has 1 aliphatic carbocycles. The smallest absolute Gasteiger partial charge is 0.228 e. The highest BCUT2D eigenvalue weighted by Crippen LogP contribution is 2.41. The van der Waals surface area contributed by atoms with E-state index in [1.54, 1.807) is 12.0 Å². The molecule has 1 saturated carbocycles. The summed E-state index contributed by atoms with van der Waals surface area (Å²) in [6, 6.07) is 17.6. The Bertz CT molecular complexity index is 847. The van der Waals surface area contributed by atoms with E-state index in [2.05, 4.69) is 0 Å². The number of amides is 1. The molecule has 31 heavy (non-hydrogen) atoms. The SMILES string of the molecule is COc1ccc(CN2C(=O)C[C@H](OCc3ccccc3)C2(O)CC2CCCCC2)cc1. The second-order valence-electron chi connectivity index (χ2n) is 8.90. The molecule has 5 nitrogen and oxygen atoms in total. The Kier molecular flexibility index (Phi) is 6.93. The summed E-state index contributed by atoms with van der Waals surface area (Å²) in [6.45, 7) is 0.763. The maximum atomic E-state index is 13.0. The lowest BCUT2D eigenvalue weighted by Crippen LogP contribution is -2.53. The number of carbonyl (C=O) groups is 1. The summed E-state index contributed by atoms with van der Waals surface area (Å²) in [6.07, 6.45) is 6.14. The van der Waals surface area contributed by atoms with Crippen LogP contribution in [0.15, 0.2) is 54.6 Å². The molecule has 2 aliphatic rings. The molecule has 1 heterocycles. The highest BCUT2D eigenvalue weighted by Gasteiger charge is 2.53. The van der Waals surface area contributed by atoms with Crippen LogP contribution >= 0.6 is 0 Å². The van der Waals surface area contributed by atoms with Crippen LogP contribution in [-0.4, -0.2) is 34.9 Å². The van der Waals surface area contributed by atoms with Crippen LogP contribution in [0.4, 0.5) is 0 Å². The molecule has 0 aromatic heterocycles. The van der Waals surface area contributed by atoms with Gasteiger partial charge in [-0.15, -0.1) is 0 Å². The van der Waals surface area contributed by atoms with Crippen molar-refractivity contribution in [3.63, 3.8) is 0 Å².